The van der Waals surface area contributed by atoms with Crippen molar-refractivity contribution >= 4 is 88.9 Å². The fourth-order valence-corrected chi connectivity index (χ4v) is 16.1. The fraction of sp³-hybridized carbons (Fsp3) is 0.653. The number of amides is 7. The number of nitrogens with zero attached hydrogens (tertiary/aromatic N) is 2. The van der Waals surface area contributed by atoms with E-state index in [-0.39, 0.29) is 159 Å². The summed E-state index contributed by atoms with van der Waals surface area (Å²) < 4.78 is 94.2. The molecule has 3 aliphatic rings. The van der Waals surface area contributed by atoms with Crippen molar-refractivity contribution in [3.8, 4) is 11.5 Å². The summed E-state index contributed by atoms with van der Waals surface area (Å²) in [6.45, 7) is 17.5. The van der Waals surface area contributed by atoms with Crippen LogP contribution in [0.15, 0.2) is 78.9 Å². The maximum Gasteiger partial charge on any atom is 0.307 e. The third kappa shape index (κ3) is 38.3. The van der Waals surface area contributed by atoms with Gasteiger partial charge in [0.1, 0.15) is 79.3 Å². The molecular weight excluding hydrogens is 1740 g/mol. The highest BCUT2D eigenvalue weighted by atomic mass is 16.7. The van der Waals surface area contributed by atoms with E-state index in [1.54, 1.807) is 49.9 Å². The summed E-state index contributed by atoms with van der Waals surface area (Å²) in [4.78, 5) is 197. The van der Waals surface area contributed by atoms with Gasteiger partial charge in [0.15, 0.2) is 18.9 Å². The Bertz CT molecular complexity index is 4160. The smallest absolute Gasteiger partial charge is 0.307 e. The molecule has 5 N–H and O–H groups in total. The lowest BCUT2D eigenvalue weighted by molar-refractivity contribution is -0.262. The molecular formula is C95H139N7O31. The van der Waals surface area contributed by atoms with Crippen LogP contribution < -0.4 is 36.1 Å². The third-order valence-electron chi connectivity index (χ3n) is 22.7. The number of Topliss-reactive ketones (excluding diaryl/α,β-unsaturated/α-hetero) is 1. The zero-order valence-electron chi connectivity index (χ0n) is 79.5. The van der Waals surface area contributed by atoms with Crippen LogP contribution in [0.5, 0.6) is 11.5 Å². The number of unbranched alkanes of at least 4 members (excludes halogenated alkanes) is 6. The van der Waals surface area contributed by atoms with Crippen LogP contribution in [0.3, 0.4) is 0 Å². The van der Waals surface area contributed by atoms with E-state index in [1.165, 1.54) is 88.4 Å². The molecule has 0 aromatic heterocycles. The molecule has 0 saturated carbocycles. The average Bonchev–Trinajstić information content (AvgIpc) is 0.749. The van der Waals surface area contributed by atoms with Gasteiger partial charge in [0.25, 0.3) is 5.91 Å². The van der Waals surface area contributed by atoms with Gasteiger partial charge in [-0.05, 0) is 106 Å². The van der Waals surface area contributed by atoms with Gasteiger partial charge < -0.3 is 117 Å². The Morgan fingerprint density at radius 1 is 0.391 bits per heavy atom. The van der Waals surface area contributed by atoms with Crippen LogP contribution in [0.1, 0.15) is 216 Å². The molecule has 740 valence electrons. The molecule has 133 heavy (non-hydrogen) atoms. The number of benzene rings is 3. The number of hydrogen-bond donors (Lipinski definition) is 5. The second-order valence-electron chi connectivity index (χ2n) is 33.5. The van der Waals surface area contributed by atoms with Gasteiger partial charge in [-0.1, -0.05) is 94.6 Å². The van der Waals surface area contributed by atoms with E-state index in [1.807, 2.05) is 54.6 Å². The quantitative estimate of drug-likeness (QED) is 0.0162. The maximum atomic E-state index is 15.9. The molecule has 7 unspecified atom stereocenters. The van der Waals surface area contributed by atoms with Crippen molar-refractivity contribution in [2.75, 3.05) is 99.7 Å². The predicted molar refractivity (Wildman–Crippen MR) is 477 cm³/mol. The predicted octanol–water partition coefficient (Wildman–Crippen LogP) is 7.17. The number of ketones is 1. The van der Waals surface area contributed by atoms with Crippen molar-refractivity contribution in [2.45, 2.75) is 284 Å². The van der Waals surface area contributed by atoms with Gasteiger partial charge >= 0.3 is 41.8 Å². The highest BCUT2D eigenvalue weighted by Gasteiger charge is 2.51. The number of carbonyl (C=O) groups excluding carboxylic acids is 15. The van der Waals surface area contributed by atoms with E-state index in [2.05, 4.69) is 26.6 Å². The van der Waals surface area contributed by atoms with E-state index in [9.17, 15) is 67.1 Å². The van der Waals surface area contributed by atoms with Crippen molar-refractivity contribution in [3.05, 3.63) is 95.6 Å². The molecule has 6 rings (SSSR count). The standard InChI is InChI=1S/C95H139N7O31/c1-59(103)36-45-84(116)130-80(58-126-95(72-31-20-16-21-32-72,73-37-41-75(118-14)42-38-73)74-39-43-76(119-15)44-40-74)91(117)102(49-29-47-97-82(114)34-23-18-26-53-121-93-86(99-64(6)105)61(3)89(128-70(12)111)78(132-93)56-124-67(9)108)51-30-50-101(83(115)35-24-19-27-54-122-94-87(100-65(7)106)62(4)90(129-71(13)112)79(133-94)57-125-68(10)109)48-28-46-96-81(113)33-22-17-25-52-120-92-85(98-63(5)104)60(2)88(127-69(11)110)77(131-92)55-123-66(8)107/h16,20-21,31-32,37-44,60-62,77-80,85-90,92-94H,17-19,22-30,33-36,45-58H2,1-15H3,(H,96,113)(H,97,114)(H,98,104)(H,99,105)(H,100,106)/t60-,61-,62-,77?,78?,79?,80?,85?,86?,87?,88-,89-,90-,92-,93-,94-/m1/s1. The molecule has 38 heteroatoms. The van der Waals surface area contributed by atoms with Crippen molar-refractivity contribution < 1.29 is 148 Å². The second kappa shape index (κ2) is 58.4. The Hall–Kier alpha value is -10.8. The molecule has 3 aromatic carbocycles. The Kier molecular flexibility index (Phi) is 48.7. The maximum absolute atomic E-state index is 15.9. The number of ether oxygens (including phenoxy) is 16. The molecule has 3 fully saturated rings. The van der Waals surface area contributed by atoms with Crippen LogP contribution in [0.4, 0.5) is 0 Å². The Morgan fingerprint density at radius 2 is 0.744 bits per heavy atom. The molecule has 3 heterocycles. The molecule has 0 spiro atoms. The second-order valence-corrected chi connectivity index (χ2v) is 33.5. The van der Waals surface area contributed by atoms with Crippen molar-refractivity contribution in [1.29, 1.82) is 0 Å². The van der Waals surface area contributed by atoms with Crippen LogP contribution in [0, 0.1) is 17.8 Å². The summed E-state index contributed by atoms with van der Waals surface area (Å²) in [6, 6.07) is 21.3. The van der Waals surface area contributed by atoms with Crippen LogP contribution in [0.25, 0.3) is 0 Å². The van der Waals surface area contributed by atoms with E-state index in [0.29, 0.717) is 92.4 Å². The van der Waals surface area contributed by atoms with Crippen LogP contribution in [0.2, 0.25) is 0 Å². The van der Waals surface area contributed by atoms with E-state index < -0.39 is 163 Å². The third-order valence-corrected chi connectivity index (χ3v) is 22.7. The first-order chi connectivity index (χ1) is 63.4. The minimum Gasteiger partial charge on any atom is -0.497 e. The lowest BCUT2D eigenvalue weighted by Gasteiger charge is -2.44. The monoisotopic (exact) mass is 1870 g/mol. The van der Waals surface area contributed by atoms with Crippen LogP contribution >= 0.6 is 0 Å². The van der Waals surface area contributed by atoms with Gasteiger partial charge in [0.05, 0.1) is 45.4 Å². The van der Waals surface area contributed by atoms with Gasteiger partial charge in [0, 0.05) is 165 Å². The van der Waals surface area contributed by atoms with Crippen LogP contribution in [-0.4, -0.2) is 278 Å². The van der Waals surface area contributed by atoms with Gasteiger partial charge in [0.2, 0.25) is 41.5 Å². The first-order valence-electron chi connectivity index (χ1n) is 45.8. The van der Waals surface area contributed by atoms with E-state index in [0.717, 1.165) is 0 Å². The van der Waals surface area contributed by atoms with Crippen molar-refractivity contribution in [2.24, 2.45) is 17.8 Å². The number of carbonyl (C=O) groups is 15. The average molecular weight is 1880 g/mol. The molecule has 38 nitrogen and oxygen atoms in total. The normalized spacial score (nSPS) is 21.7. The lowest BCUT2D eigenvalue weighted by Crippen LogP contribution is -2.62. The Balaban J connectivity index is 1.23. The minimum atomic E-state index is -1.67. The zero-order chi connectivity index (χ0) is 97.7. The van der Waals surface area contributed by atoms with Crippen LogP contribution in [-0.2, 0) is 144 Å². The molecule has 0 aliphatic carbocycles. The fourth-order valence-electron chi connectivity index (χ4n) is 16.1. The summed E-state index contributed by atoms with van der Waals surface area (Å²) in [5.41, 5.74) is 0.297. The molecule has 7 amide bonds. The summed E-state index contributed by atoms with van der Waals surface area (Å²) in [6.07, 6.45) is -5.68. The summed E-state index contributed by atoms with van der Waals surface area (Å²) in [5, 5.41) is 14.4. The lowest BCUT2D eigenvalue weighted by atomic mass is 9.80. The minimum absolute atomic E-state index is 0.0272. The molecule has 3 aromatic rings. The SMILES string of the molecule is COc1ccc(C(OCC(OC(=O)CCC(C)=O)C(=O)N(CCCNC(=O)CCCCCO[C@@H]2OC(COC(C)=O)[C@H](OC(C)=O)[C@H](C)C2NC(C)=O)CCCN(CCCNC(=O)CCCCCO[C@@H]2OC(COC(C)=O)[C@H](OC(C)=O)[C@H](C)C2NC(C)=O)C(=O)CCCCCO[C@@H]2OC(COC(C)=O)[C@H](OC(C)=O)[C@H](C)C2NC(C)=O)(c2ccccc2)c2ccc(OC)cc2)cc1. The first kappa shape index (κ1) is 111. The van der Waals surface area contributed by atoms with Gasteiger partial charge in [-0.25, -0.2) is 0 Å². The van der Waals surface area contributed by atoms with Gasteiger partial charge in [-0.2, -0.15) is 0 Å². The number of rotatable bonds is 58. The highest BCUT2D eigenvalue weighted by molar-refractivity contribution is 5.86. The molecule has 3 aliphatic heterocycles. The Morgan fingerprint density at radius 3 is 1.10 bits per heavy atom. The molecule has 0 bridgehead atoms. The molecule has 16 atom stereocenters. The van der Waals surface area contributed by atoms with Gasteiger partial charge in [-0.3, -0.25) is 67.1 Å². The summed E-state index contributed by atoms with van der Waals surface area (Å²) >= 11 is 0. The van der Waals surface area contributed by atoms with E-state index >= 15 is 4.79 Å². The van der Waals surface area contributed by atoms with E-state index in [4.69, 9.17) is 75.8 Å². The number of nitrogens with one attached hydrogen (secondary N) is 5. The largest absolute Gasteiger partial charge is 0.497 e. The number of methoxy groups -OCH3 is 2. The zero-order valence-corrected chi connectivity index (χ0v) is 79.5. The first-order valence-corrected chi connectivity index (χ1v) is 45.8. The highest BCUT2D eigenvalue weighted by Crippen LogP contribution is 2.43. The van der Waals surface area contributed by atoms with Gasteiger partial charge in [-0.15, -0.1) is 0 Å². The topological polar surface area (TPSA) is 470 Å². The Labute approximate surface area is 778 Å². The summed E-state index contributed by atoms with van der Waals surface area (Å²) in [5.74, 6) is -7.89. The van der Waals surface area contributed by atoms with Crippen molar-refractivity contribution in [1.82, 2.24) is 36.4 Å². The molecule has 3 saturated heterocycles. The molecule has 0 radical (unpaired) electrons. The number of hydrogen-bond acceptors (Lipinski definition) is 31. The van der Waals surface area contributed by atoms with Crippen molar-refractivity contribution in [3.63, 3.8) is 0 Å². The summed E-state index contributed by atoms with van der Waals surface area (Å²) in [7, 11) is 3.07. The number of esters is 7.